The normalized spacial score (nSPS) is 40.2. The molecule has 2 amide bonds. The Hall–Kier alpha value is -1.92. The van der Waals surface area contributed by atoms with Crippen molar-refractivity contribution in [3.63, 3.8) is 0 Å². The molecular formula is C23H29NO5. The predicted octanol–water partition coefficient (Wildman–Crippen LogP) is 3.13. The number of rotatable bonds is 2. The van der Waals surface area contributed by atoms with Crippen LogP contribution in [0.1, 0.15) is 63.5 Å². The highest BCUT2D eigenvalue weighted by Crippen LogP contribution is 2.58. The molecule has 2 N–H and O–H groups in total. The summed E-state index contributed by atoms with van der Waals surface area (Å²) in [6.07, 6.45) is 5.72. The predicted molar refractivity (Wildman–Crippen MR) is 104 cm³/mol. The lowest BCUT2D eigenvalue weighted by molar-refractivity contribution is -0.265. The number of aliphatic hydroxyl groups is 1. The van der Waals surface area contributed by atoms with Gasteiger partial charge in [0.05, 0.1) is 17.9 Å². The van der Waals surface area contributed by atoms with Crippen LogP contribution in [0, 0.1) is 23.7 Å². The van der Waals surface area contributed by atoms with Crippen molar-refractivity contribution in [2.45, 2.75) is 69.8 Å². The van der Waals surface area contributed by atoms with Gasteiger partial charge in [-0.25, -0.2) is 0 Å². The lowest BCUT2D eigenvalue weighted by Crippen LogP contribution is -2.52. The molecule has 0 spiro atoms. The maximum atomic E-state index is 13.4. The van der Waals surface area contributed by atoms with Crippen molar-refractivity contribution in [1.82, 2.24) is 4.90 Å². The maximum Gasteiger partial charge on any atom is 0.233 e. The minimum Gasteiger partial charge on any atom is -0.508 e. The number of imide groups is 1. The van der Waals surface area contributed by atoms with Gasteiger partial charge in [-0.05, 0) is 43.4 Å². The number of hydrogen-bond acceptors (Lipinski definition) is 5. The number of carbonyl (C=O) groups is 2. The van der Waals surface area contributed by atoms with E-state index >= 15 is 0 Å². The van der Waals surface area contributed by atoms with Crippen molar-refractivity contribution in [2.24, 2.45) is 23.7 Å². The first-order valence-corrected chi connectivity index (χ1v) is 11.0. The van der Waals surface area contributed by atoms with Gasteiger partial charge in [0.25, 0.3) is 0 Å². The molecule has 6 heteroatoms. The number of fused-ring (bicyclic) bond motifs is 3. The van der Waals surface area contributed by atoms with Gasteiger partial charge in [-0.15, -0.1) is 0 Å². The molecule has 0 radical (unpaired) electrons. The molecule has 2 aliphatic carbocycles. The molecule has 6 nitrogen and oxygen atoms in total. The van der Waals surface area contributed by atoms with E-state index in [2.05, 4.69) is 0 Å². The number of likely N-dealkylation sites (tertiary alicyclic amines) is 1. The third-order valence-electron chi connectivity index (χ3n) is 7.79. The van der Waals surface area contributed by atoms with Crippen LogP contribution in [0.2, 0.25) is 0 Å². The van der Waals surface area contributed by atoms with Crippen LogP contribution in [0.3, 0.4) is 0 Å². The number of phenols is 1. The van der Waals surface area contributed by atoms with Gasteiger partial charge in [-0.3, -0.25) is 14.5 Å². The van der Waals surface area contributed by atoms with Crippen molar-refractivity contribution in [1.29, 1.82) is 0 Å². The van der Waals surface area contributed by atoms with Crippen LogP contribution < -0.4 is 0 Å². The smallest absolute Gasteiger partial charge is 0.233 e. The summed E-state index contributed by atoms with van der Waals surface area (Å²) in [6, 6.07) is 6.81. The van der Waals surface area contributed by atoms with Gasteiger partial charge in [0.1, 0.15) is 5.75 Å². The van der Waals surface area contributed by atoms with Gasteiger partial charge in [-0.1, -0.05) is 38.3 Å². The summed E-state index contributed by atoms with van der Waals surface area (Å²) < 4.78 is 6.16. The minimum absolute atomic E-state index is 0.0213. The minimum atomic E-state index is -1.40. The van der Waals surface area contributed by atoms with Gasteiger partial charge in [0.15, 0.2) is 5.79 Å². The number of hydrogen-bond donors (Lipinski definition) is 2. The fraction of sp³-hybridized carbons (Fsp3) is 0.652. The molecule has 0 bridgehead atoms. The van der Waals surface area contributed by atoms with Crippen LogP contribution in [-0.2, 0) is 14.3 Å². The molecular weight excluding hydrogens is 370 g/mol. The van der Waals surface area contributed by atoms with E-state index in [1.165, 1.54) is 6.42 Å². The molecule has 0 aromatic heterocycles. The first kappa shape index (κ1) is 19.1. The highest BCUT2D eigenvalue weighted by atomic mass is 16.6. The molecule has 1 aromatic carbocycles. The molecule has 4 fully saturated rings. The number of phenolic OH excluding ortho intramolecular Hbond substituents is 1. The molecule has 6 atom stereocenters. The van der Waals surface area contributed by atoms with Gasteiger partial charge in [-0.2, -0.15) is 0 Å². The Bertz CT molecular complexity index is 817. The summed E-state index contributed by atoms with van der Waals surface area (Å²) in [5, 5.41) is 21.0. The van der Waals surface area contributed by atoms with Gasteiger partial charge >= 0.3 is 0 Å². The Labute approximate surface area is 170 Å². The highest BCUT2D eigenvalue weighted by molar-refractivity contribution is 6.05. The molecule has 2 aliphatic heterocycles. The molecule has 29 heavy (non-hydrogen) atoms. The first-order valence-electron chi connectivity index (χ1n) is 11.0. The number of aromatic hydroxyl groups is 1. The second-order valence-corrected chi connectivity index (χ2v) is 9.40. The first-order chi connectivity index (χ1) is 13.9. The Morgan fingerprint density at radius 1 is 1.03 bits per heavy atom. The van der Waals surface area contributed by atoms with E-state index in [0.717, 1.165) is 31.2 Å². The lowest BCUT2D eigenvalue weighted by atomic mass is 9.65. The van der Waals surface area contributed by atoms with Gasteiger partial charge in [0.2, 0.25) is 11.8 Å². The fourth-order valence-electron chi connectivity index (χ4n) is 6.26. The van der Waals surface area contributed by atoms with Crippen LogP contribution in [0.25, 0.3) is 0 Å². The quantitative estimate of drug-likeness (QED) is 0.746. The molecule has 2 heterocycles. The van der Waals surface area contributed by atoms with Crippen molar-refractivity contribution < 1.29 is 24.5 Å². The van der Waals surface area contributed by atoms with Crippen LogP contribution in [0.5, 0.6) is 5.75 Å². The van der Waals surface area contributed by atoms with Gasteiger partial charge in [0, 0.05) is 17.9 Å². The lowest BCUT2D eigenvalue weighted by Gasteiger charge is -2.43. The molecule has 0 unspecified atom stereocenters. The maximum absolute atomic E-state index is 13.4. The van der Waals surface area contributed by atoms with Crippen molar-refractivity contribution in [2.75, 3.05) is 0 Å². The summed E-state index contributed by atoms with van der Waals surface area (Å²) in [6.45, 7) is 1.92. The average molecular weight is 399 g/mol. The molecule has 1 aromatic rings. The summed E-state index contributed by atoms with van der Waals surface area (Å²) in [5.74, 6) is -2.80. The summed E-state index contributed by atoms with van der Waals surface area (Å²) in [5.41, 5.74) is 0.871. The highest BCUT2D eigenvalue weighted by Gasteiger charge is 2.66. The topological polar surface area (TPSA) is 87.1 Å². The van der Waals surface area contributed by atoms with E-state index in [0.29, 0.717) is 12.8 Å². The van der Waals surface area contributed by atoms with Crippen LogP contribution in [0.4, 0.5) is 0 Å². The van der Waals surface area contributed by atoms with Crippen LogP contribution in [-0.4, -0.2) is 38.8 Å². The third kappa shape index (κ3) is 2.83. The summed E-state index contributed by atoms with van der Waals surface area (Å²) >= 11 is 0. The average Bonchev–Trinajstić information content (AvgIpc) is 3.19. The fourth-order valence-corrected chi connectivity index (χ4v) is 6.26. The Morgan fingerprint density at radius 2 is 1.72 bits per heavy atom. The second kappa shape index (κ2) is 6.81. The van der Waals surface area contributed by atoms with Crippen molar-refractivity contribution >= 4 is 11.8 Å². The zero-order chi connectivity index (χ0) is 20.3. The summed E-state index contributed by atoms with van der Waals surface area (Å²) in [4.78, 5) is 28.2. The van der Waals surface area contributed by atoms with Crippen molar-refractivity contribution in [3.8, 4) is 5.75 Å². The SMILES string of the molecule is C[C@H]1C[C@@H]2C(=O)N(C3CCCCC3)C(=O)[C@@H]2[C@@H]2C[C@@H](c3ccc(O)cc3)O[C@]12O. The Morgan fingerprint density at radius 3 is 2.41 bits per heavy atom. The van der Waals surface area contributed by atoms with Crippen LogP contribution in [0.15, 0.2) is 24.3 Å². The van der Waals surface area contributed by atoms with E-state index in [1.54, 1.807) is 29.2 Å². The summed E-state index contributed by atoms with van der Waals surface area (Å²) in [7, 11) is 0. The van der Waals surface area contributed by atoms with E-state index in [1.807, 2.05) is 6.92 Å². The molecule has 5 rings (SSSR count). The number of benzene rings is 1. The monoisotopic (exact) mass is 399 g/mol. The van der Waals surface area contributed by atoms with E-state index in [4.69, 9.17) is 4.74 Å². The molecule has 2 saturated heterocycles. The Kier molecular flexibility index (Phi) is 4.48. The molecule has 2 saturated carbocycles. The number of nitrogens with zero attached hydrogens (tertiary/aromatic N) is 1. The molecule has 4 aliphatic rings. The zero-order valence-electron chi connectivity index (χ0n) is 16.8. The van der Waals surface area contributed by atoms with E-state index in [-0.39, 0.29) is 47.5 Å². The number of ether oxygens (including phenoxy) is 1. The third-order valence-corrected chi connectivity index (χ3v) is 7.79. The molecule has 156 valence electrons. The largest absolute Gasteiger partial charge is 0.508 e. The van der Waals surface area contributed by atoms with E-state index in [9.17, 15) is 19.8 Å². The van der Waals surface area contributed by atoms with Gasteiger partial charge < -0.3 is 14.9 Å². The van der Waals surface area contributed by atoms with Crippen molar-refractivity contribution in [3.05, 3.63) is 29.8 Å². The number of amides is 2. The van der Waals surface area contributed by atoms with Crippen LogP contribution >= 0.6 is 0 Å². The number of carbonyl (C=O) groups excluding carboxylic acids is 2. The second-order valence-electron chi connectivity index (χ2n) is 9.40. The standard InChI is InChI=1S/C23H29NO5/c1-13-11-17-20(22(27)24(21(17)26)15-5-3-2-4-6-15)18-12-19(29-23(13,18)28)14-7-9-16(25)10-8-14/h7-10,13,15,17-20,25,28H,2-6,11-12H2,1H3/t13-,17-,18-,19-,20-,23+/m0/s1. The van der Waals surface area contributed by atoms with E-state index < -0.39 is 11.7 Å². The zero-order valence-corrected chi connectivity index (χ0v) is 16.8. The Balaban J connectivity index is 1.45.